The smallest absolute Gasteiger partial charge is 0.323 e. The summed E-state index contributed by atoms with van der Waals surface area (Å²) in [6.45, 7) is 8.32. The Bertz CT molecular complexity index is 336. The van der Waals surface area contributed by atoms with E-state index in [2.05, 4.69) is 40.8 Å². The SMILES string of the molecule is CC(C)c1noc(N2CCCN(C)CC2)n1. The molecule has 0 aromatic carbocycles. The second kappa shape index (κ2) is 4.82. The number of aromatic nitrogens is 2. The Hall–Kier alpha value is -1.10. The van der Waals surface area contributed by atoms with Crippen molar-refractivity contribution in [1.29, 1.82) is 0 Å². The van der Waals surface area contributed by atoms with E-state index in [1.807, 2.05) is 0 Å². The molecule has 1 fully saturated rings. The van der Waals surface area contributed by atoms with Crippen molar-refractivity contribution in [3.63, 3.8) is 0 Å². The maximum Gasteiger partial charge on any atom is 0.324 e. The van der Waals surface area contributed by atoms with Crippen LogP contribution in [0.4, 0.5) is 6.01 Å². The Morgan fingerprint density at radius 2 is 2.00 bits per heavy atom. The number of rotatable bonds is 2. The number of likely N-dealkylation sites (N-methyl/N-ethyl adjacent to an activating group) is 1. The summed E-state index contributed by atoms with van der Waals surface area (Å²) in [6.07, 6.45) is 1.15. The fourth-order valence-corrected chi connectivity index (χ4v) is 1.83. The lowest BCUT2D eigenvalue weighted by molar-refractivity contribution is 0.358. The molecule has 0 saturated carbocycles. The molecule has 1 saturated heterocycles. The Labute approximate surface area is 96.4 Å². The van der Waals surface area contributed by atoms with Crippen molar-refractivity contribution in [2.75, 3.05) is 38.1 Å². The van der Waals surface area contributed by atoms with Crippen molar-refractivity contribution in [1.82, 2.24) is 15.0 Å². The average molecular weight is 224 g/mol. The third-order valence-electron chi connectivity index (χ3n) is 2.94. The summed E-state index contributed by atoms with van der Waals surface area (Å²) in [4.78, 5) is 8.95. The Morgan fingerprint density at radius 1 is 1.19 bits per heavy atom. The fraction of sp³-hybridized carbons (Fsp3) is 0.818. The van der Waals surface area contributed by atoms with E-state index in [0.717, 1.165) is 38.4 Å². The van der Waals surface area contributed by atoms with E-state index < -0.39 is 0 Å². The highest BCUT2D eigenvalue weighted by molar-refractivity contribution is 5.25. The van der Waals surface area contributed by atoms with Crippen molar-refractivity contribution in [2.24, 2.45) is 0 Å². The van der Waals surface area contributed by atoms with E-state index in [-0.39, 0.29) is 0 Å². The van der Waals surface area contributed by atoms with Gasteiger partial charge in [-0.25, -0.2) is 0 Å². The molecule has 90 valence electrons. The van der Waals surface area contributed by atoms with Crippen LogP contribution < -0.4 is 4.90 Å². The summed E-state index contributed by atoms with van der Waals surface area (Å²) in [7, 11) is 2.15. The highest BCUT2D eigenvalue weighted by Crippen LogP contribution is 2.17. The molecule has 0 atom stereocenters. The zero-order valence-electron chi connectivity index (χ0n) is 10.3. The lowest BCUT2D eigenvalue weighted by Crippen LogP contribution is -2.28. The minimum Gasteiger partial charge on any atom is -0.323 e. The predicted octanol–water partition coefficient (Wildman–Crippen LogP) is 1.33. The highest BCUT2D eigenvalue weighted by Gasteiger charge is 2.18. The maximum absolute atomic E-state index is 5.30. The first-order chi connectivity index (χ1) is 7.66. The molecular formula is C11H20N4O. The number of hydrogen-bond donors (Lipinski definition) is 0. The van der Waals surface area contributed by atoms with Gasteiger partial charge in [0.1, 0.15) is 0 Å². The van der Waals surface area contributed by atoms with E-state index >= 15 is 0 Å². The minimum absolute atomic E-state index is 0.326. The summed E-state index contributed by atoms with van der Waals surface area (Å²) in [6, 6.07) is 0.680. The van der Waals surface area contributed by atoms with Crippen LogP contribution in [-0.4, -0.2) is 48.3 Å². The van der Waals surface area contributed by atoms with Crippen molar-refractivity contribution < 1.29 is 4.52 Å². The van der Waals surface area contributed by atoms with Gasteiger partial charge in [0.15, 0.2) is 5.82 Å². The van der Waals surface area contributed by atoms with E-state index in [1.54, 1.807) is 0 Å². The van der Waals surface area contributed by atoms with Crippen LogP contribution >= 0.6 is 0 Å². The molecule has 1 aromatic heterocycles. The molecule has 0 N–H and O–H groups in total. The Morgan fingerprint density at radius 3 is 2.69 bits per heavy atom. The van der Waals surface area contributed by atoms with Gasteiger partial charge in [-0.15, -0.1) is 0 Å². The first-order valence-electron chi connectivity index (χ1n) is 5.94. The second-order valence-corrected chi connectivity index (χ2v) is 4.73. The minimum atomic E-state index is 0.326. The van der Waals surface area contributed by atoms with Gasteiger partial charge < -0.3 is 14.3 Å². The summed E-state index contributed by atoms with van der Waals surface area (Å²) < 4.78 is 5.30. The number of anilines is 1. The van der Waals surface area contributed by atoms with Gasteiger partial charge >= 0.3 is 6.01 Å². The molecule has 2 rings (SSSR count). The molecule has 0 amide bonds. The normalized spacial score (nSPS) is 19.1. The number of hydrogen-bond acceptors (Lipinski definition) is 5. The summed E-state index contributed by atoms with van der Waals surface area (Å²) >= 11 is 0. The topological polar surface area (TPSA) is 45.4 Å². The molecule has 0 spiro atoms. The van der Waals surface area contributed by atoms with Crippen LogP contribution in [0.5, 0.6) is 0 Å². The standard InChI is InChI=1S/C11H20N4O/c1-9(2)10-12-11(16-13-10)15-6-4-5-14(3)7-8-15/h9H,4-8H2,1-3H3. The molecule has 1 aliphatic heterocycles. The molecule has 2 heterocycles. The molecule has 0 radical (unpaired) electrons. The Kier molecular flexibility index (Phi) is 3.43. The predicted molar refractivity (Wildman–Crippen MR) is 62.7 cm³/mol. The van der Waals surface area contributed by atoms with Crippen LogP contribution in [0.25, 0.3) is 0 Å². The van der Waals surface area contributed by atoms with Gasteiger partial charge in [0.25, 0.3) is 0 Å². The maximum atomic E-state index is 5.30. The molecule has 0 unspecified atom stereocenters. The van der Waals surface area contributed by atoms with Gasteiger partial charge in [-0.3, -0.25) is 0 Å². The van der Waals surface area contributed by atoms with Crippen molar-refractivity contribution >= 4 is 6.01 Å². The third-order valence-corrected chi connectivity index (χ3v) is 2.94. The molecular weight excluding hydrogens is 204 g/mol. The van der Waals surface area contributed by atoms with E-state index in [4.69, 9.17) is 4.52 Å². The van der Waals surface area contributed by atoms with Gasteiger partial charge in [0.05, 0.1) is 0 Å². The zero-order chi connectivity index (χ0) is 11.5. The second-order valence-electron chi connectivity index (χ2n) is 4.73. The van der Waals surface area contributed by atoms with Crippen LogP contribution in [0.15, 0.2) is 4.52 Å². The molecule has 5 heteroatoms. The van der Waals surface area contributed by atoms with Crippen molar-refractivity contribution in [2.45, 2.75) is 26.2 Å². The van der Waals surface area contributed by atoms with E-state index in [9.17, 15) is 0 Å². The summed E-state index contributed by atoms with van der Waals surface area (Å²) in [5.74, 6) is 1.12. The van der Waals surface area contributed by atoms with Crippen molar-refractivity contribution in [3.05, 3.63) is 5.82 Å². The fourth-order valence-electron chi connectivity index (χ4n) is 1.83. The Balaban J connectivity index is 2.05. The van der Waals surface area contributed by atoms with Gasteiger partial charge in [0, 0.05) is 25.6 Å². The van der Waals surface area contributed by atoms with Gasteiger partial charge in [-0.1, -0.05) is 19.0 Å². The first-order valence-corrected chi connectivity index (χ1v) is 5.94. The van der Waals surface area contributed by atoms with Crippen LogP contribution in [0, 0.1) is 0 Å². The van der Waals surface area contributed by atoms with Crippen LogP contribution in [0.3, 0.4) is 0 Å². The van der Waals surface area contributed by atoms with Gasteiger partial charge in [-0.05, 0) is 20.0 Å². The van der Waals surface area contributed by atoms with Crippen LogP contribution in [-0.2, 0) is 0 Å². The van der Waals surface area contributed by atoms with E-state index in [0.29, 0.717) is 11.9 Å². The largest absolute Gasteiger partial charge is 0.324 e. The van der Waals surface area contributed by atoms with Crippen LogP contribution in [0.1, 0.15) is 32.0 Å². The monoisotopic (exact) mass is 224 g/mol. The summed E-state index contributed by atoms with van der Waals surface area (Å²) in [5.41, 5.74) is 0. The quantitative estimate of drug-likeness (QED) is 0.758. The highest BCUT2D eigenvalue weighted by atomic mass is 16.5. The zero-order valence-corrected chi connectivity index (χ0v) is 10.3. The third kappa shape index (κ3) is 2.52. The first kappa shape index (κ1) is 11.4. The summed E-state index contributed by atoms with van der Waals surface area (Å²) in [5, 5.41) is 4.00. The molecule has 16 heavy (non-hydrogen) atoms. The molecule has 1 aromatic rings. The lowest BCUT2D eigenvalue weighted by Gasteiger charge is -2.16. The van der Waals surface area contributed by atoms with Crippen molar-refractivity contribution in [3.8, 4) is 0 Å². The molecule has 0 aliphatic carbocycles. The van der Waals surface area contributed by atoms with E-state index in [1.165, 1.54) is 0 Å². The molecule has 5 nitrogen and oxygen atoms in total. The molecule has 1 aliphatic rings. The average Bonchev–Trinajstić information content (AvgIpc) is 2.63. The lowest BCUT2D eigenvalue weighted by atomic mass is 10.2. The van der Waals surface area contributed by atoms with Gasteiger partial charge in [0.2, 0.25) is 0 Å². The van der Waals surface area contributed by atoms with Gasteiger partial charge in [-0.2, -0.15) is 4.98 Å². The molecule has 0 bridgehead atoms. The number of nitrogens with zero attached hydrogens (tertiary/aromatic N) is 4. The van der Waals surface area contributed by atoms with Crippen LogP contribution in [0.2, 0.25) is 0 Å².